The van der Waals surface area contributed by atoms with E-state index in [2.05, 4.69) is 6.92 Å². The van der Waals surface area contributed by atoms with Crippen LogP contribution in [0.5, 0.6) is 0 Å². The first kappa shape index (κ1) is 5.72. The third kappa shape index (κ3) is 1.45. The van der Waals surface area contributed by atoms with Crippen LogP contribution in [0.25, 0.3) is 0 Å². The van der Waals surface area contributed by atoms with Gasteiger partial charge in [-0.1, -0.05) is 12.8 Å². The number of hydrogen-bond acceptors (Lipinski definition) is 1. The standard InChI is InChI=1S/C8H14O/c1-8(6-9-8)5-4-7-2-3-7/h7H,2-6H2,1H3. The van der Waals surface area contributed by atoms with Gasteiger partial charge in [0, 0.05) is 0 Å². The van der Waals surface area contributed by atoms with Crippen LogP contribution in [0.3, 0.4) is 0 Å². The van der Waals surface area contributed by atoms with Gasteiger partial charge < -0.3 is 4.74 Å². The summed E-state index contributed by atoms with van der Waals surface area (Å²) in [6.45, 7) is 3.23. The Hall–Kier alpha value is -0.0400. The Kier molecular flexibility index (Phi) is 1.10. The summed E-state index contributed by atoms with van der Waals surface area (Å²) in [5.74, 6) is 1.08. The van der Waals surface area contributed by atoms with Gasteiger partial charge in [-0.2, -0.15) is 0 Å². The molecule has 0 aromatic heterocycles. The molecule has 1 aliphatic carbocycles. The van der Waals surface area contributed by atoms with E-state index < -0.39 is 0 Å². The fraction of sp³-hybridized carbons (Fsp3) is 1.00. The summed E-state index contributed by atoms with van der Waals surface area (Å²) in [6, 6.07) is 0. The fourth-order valence-corrected chi connectivity index (χ4v) is 1.18. The van der Waals surface area contributed by atoms with Gasteiger partial charge in [0.15, 0.2) is 0 Å². The first-order valence-corrected chi connectivity index (χ1v) is 3.92. The van der Waals surface area contributed by atoms with Crippen molar-refractivity contribution in [3.05, 3.63) is 0 Å². The van der Waals surface area contributed by atoms with E-state index in [0.29, 0.717) is 5.60 Å². The number of ether oxygens (including phenoxy) is 1. The summed E-state index contributed by atoms with van der Waals surface area (Å²) in [5.41, 5.74) is 0.322. The molecule has 2 aliphatic rings. The molecule has 1 saturated heterocycles. The molecule has 1 heteroatoms. The van der Waals surface area contributed by atoms with Crippen LogP contribution >= 0.6 is 0 Å². The quantitative estimate of drug-likeness (QED) is 0.527. The van der Waals surface area contributed by atoms with Crippen molar-refractivity contribution < 1.29 is 4.74 Å². The summed E-state index contributed by atoms with van der Waals surface area (Å²) >= 11 is 0. The van der Waals surface area contributed by atoms with Gasteiger partial charge >= 0.3 is 0 Å². The molecule has 1 nitrogen and oxygen atoms in total. The predicted molar refractivity (Wildman–Crippen MR) is 36.3 cm³/mol. The summed E-state index contributed by atoms with van der Waals surface area (Å²) in [7, 11) is 0. The normalized spacial score (nSPS) is 41.0. The molecule has 0 amide bonds. The zero-order valence-corrected chi connectivity index (χ0v) is 6.02. The highest BCUT2D eigenvalue weighted by Crippen LogP contribution is 2.39. The summed E-state index contributed by atoms with van der Waals surface area (Å²) in [6.07, 6.45) is 5.68. The second-order valence-electron chi connectivity index (χ2n) is 3.72. The van der Waals surface area contributed by atoms with E-state index in [-0.39, 0.29) is 0 Å². The molecule has 1 saturated carbocycles. The maximum Gasteiger partial charge on any atom is 0.0888 e. The monoisotopic (exact) mass is 126 g/mol. The summed E-state index contributed by atoms with van der Waals surface area (Å²) < 4.78 is 5.27. The molecule has 0 aromatic rings. The first-order valence-electron chi connectivity index (χ1n) is 3.92. The van der Waals surface area contributed by atoms with Gasteiger partial charge in [-0.05, 0) is 25.7 Å². The Labute approximate surface area is 56.4 Å². The second kappa shape index (κ2) is 1.72. The van der Waals surface area contributed by atoms with Crippen molar-refractivity contribution in [2.24, 2.45) is 5.92 Å². The average Bonchev–Trinajstić information content (AvgIpc) is 2.58. The Morgan fingerprint density at radius 1 is 1.56 bits per heavy atom. The van der Waals surface area contributed by atoms with E-state index >= 15 is 0 Å². The molecule has 0 bridgehead atoms. The van der Waals surface area contributed by atoms with Crippen molar-refractivity contribution in [1.82, 2.24) is 0 Å². The van der Waals surface area contributed by atoms with Gasteiger partial charge in [-0.3, -0.25) is 0 Å². The van der Waals surface area contributed by atoms with Crippen LogP contribution in [0.1, 0.15) is 32.6 Å². The molecule has 1 heterocycles. The summed E-state index contributed by atoms with van der Waals surface area (Å²) in [5, 5.41) is 0. The fourth-order valence-electron chi connectivity index (χ4n) is 1.18. The minimum Gasteiger partial charge on any atom is -0.370 e. The van der Waals surface area contributed by atoms with Gasteiger partial charge in [0.2, 0.25) is 0 Å². The zero-order chi connectivity index (χ0) is 6.32. The smallest absolute Gasteiger partial charge is 0.0888 e. The van der Waals surface area contributed by atoms with Gasteiger partial charge in [0.05, 0.1) is 12.2 Å². The van der Waals surface area contributed by atoms with Crippen LogP contribution in [-0.2, 0) is 4.74 Å². The molecular weight excluding hydrogens is 112 g/mol. The molecule has 1 atom stereocenters. The molecule has 2 fully saturated rings. The minimum absolute atomic E-state index is 0.322. The van der Waals surface area contributed by atoms with Crippen LogP contribution in [0.2, 0.25) is 0 Å². The van der Waals surface area contributed by atoms with E-state index in [4.69, 9.17) is 4.74 Å². The van der Waals surface area contributed by atoms with E-state index in [1.165, 1.54) is 25.7 Å². The predicted octanol–water partition coefficient (Wildman–Crippen LogP) is 1.97. The van der Waals surface area contributed by atoms with Gasteiger partial charge in [0.25, 0.3) is 0 Å². The lowest BCUT2D eigenvalue weighted by atomic mass is 10.1. The third-order valence-corrected chi connectivity index (χ3v) is 2.42. The number of hydrogen-bond donors (Lipinski definition) is 0. The van der Waals surface area contributed by atoms with E-state index in [9.17, 15) is 0 Å². The van der Waals surface area contributed by atoms with Crippen molar-refractivity contribution in [3.8, 4) is 0 Å². The van der Waals surface area contributed by atoms with Crippen LogP contribution in [-0.4, -0.2) is 12.2 Å². The summed E-state index contributed by atoms with van der Waals surface area (Å²) in [4.78, 5) is 0. The number of epoxide rings is 1. The first-order chi connectivity index (χ1) is 4.29. The Balaban J connectivity index is 1.65. The van der Waals surface area contributed by atoms with Crippen LogP contribution < -0.4 is 0 Å². The highest BCUT2D eigenvalue weighted by atomic mass is 16.6. The van der Waals surface area contributed by atoms with Gasteiger partial charge in [-0.25, -0.2) is 0 Å². The average molecular weight is 126 g/mol. The number of rotatable bonds is 3. The molecule has 1 aliphatic heterocycles. The zero-order valence-electron chi connectivity index (χ0n) is 6.02. The second-order valence-corrected chi connectivity index (χ2v) is 3.72. The van der Waals surface area contributed by atoms with E-state index in [1.807, 2.05) is 0 Å². The highest BCUT2D eigenvalue weighted by Gasteiger charge is 2.39. The molecule has 2 rings (SSSR count). The van der Waals surface area contributed by atoms with E-state index in [0.717, 1.165) is 12.5 Å². The Bertz CT molecular complexity index is 112. The largest absolute Gasteiger partial charge is 0.370 e. The van der Waals surface area contributed by atoms with E-state index in [1.54, 1.807) is 0 Å². The molecule has 0 radical (unpaired) electrons. The van der Waals surface area contributed by atoms with Crippen molar-refractivity contribution in [3.63, 3.8) is 0 Å². The molecular formula is C8H14O. The molecule has 52 valence electrons. The molecule has 1 unspecified atom stereocenters. The van der Waals surface area contributed by atoms with Crippen molar-refractivity contribution in [2.45, 2.75) is 38.2 Å². The molecule has 0 spiro atoms. The lowest BCUT2D eigenvalue weighted by molar-refractivity contribution is 0.300. The van der Waals surface area contributed by atoms with Crippen molar-refractivity contribution >= 4 is 0 Å². The van der Waals surface area contributed by atoms with Crippen molar-refractivity contribution in [2.75, 3.05) is 6.61 Å². The third-order valence-electron chi connectivity index (χ3n) is 2.42. The van der Waals surface area contributed by atoms with Crippen LogP contribution in [0, 0.1) is 5.92 Å². The Morgan fingerprint density at radius 3 is 2.67 bits per heavy atom. The van der Waals surface area contributed by atoms with Crippen LogP contribution in [0.4, 0.5) is 0 Å². The Morgan fingerprint density at radius 2 is 2.22 bits per heavy atom. The van der Waals surface area contributed by atoms with Crippen LogP contribution in [0.15, 0.2) is 0 Å². The molecule has 0 N–H and O–H groups in total. The highest BCUT2D eigenvalue weighted by molar-refractivity contribution is 4.88. The van der Waals surface area contributed by atoms with Gasteiger partial charge in [-0.15, -0.1) is 0 Å². The topological polar surface area (TPSA) is 12.5 Å². The lowest BCUT2D eigenvalue weighted by Crippen LogP contribution is -2.03. The minimum atomic E-state index is 0.322. The molecule has 0 aromatic carbocycles. The lowest BCUT2D eigenvalue weighted by Gasteiger charge is -2.01. The maximum atomic E-state index is 5.27. The molecule has 9 heavy (non-hydrogen) atoms. The SMILES string of the molecule is CC1(CCC2CC2)CO1. The van der Waals surface area contributed by atoms with Gasteiger partial charge in [0.1, 0.15) is 0 Å². The van der Waals surface area contributed by atoms with Crippen molar-refractivity contribution in [1.29, 1.82) is 0 Å². The maximum absolute atomic E-state index is 5.27.